The number of piperazine rings is 1. The number of amides is 1. The molecule has 0 aliphatic carbocycles. The topological polar surface area (TPSA) is 89.8 Å². The standard InChI is InChI=1S/C31H43N5O4S2/c1-22-17-25(40-13-12-34-8-10-35(11-9-34)23(2)37)19-26-29(22)33-30(27-18-24-7-15-41-28(24)20-32-27)36(31(26)38)21-39-14-16-42(3,4,5)6/h7,15,17-20,42H,8-14,16,21H2,1-6H3. The molecule has 11 heteroatoms. The minimum absolute atomic E-state index is 0.101. The second-order valence-corrected chi connectivity index (χ2v) is 22.5. The first-order valence-corrected chi connectivity index (χ1v) is 19.5. The number of hydrogen-bond acceptors (Lipinski definition) is 8. The Hall–Kier alpha value is -2.99. The van der Waals surface area contributed by atoms with E-state index in [9.17, 15) is 9.59 Å². The molecule has 1 amide bonds. The summed E-state index contributed by atoms with van der Waals surface area (Å²) in [5.41, 5.74) is 1.98. The normalized spacial score (nSPS) is 15.7. The summed E-state index contributed by atoms with van der Waals surface area (Å²) in [7, 11) is -1.74. The van der Waals surface area contributed by atoms with Crippen LogP contribution in [0.5, 0.6) is 5.75 Å². The number of ether oxygens (including phenoxy) is 2. The number of aromatic nitrogens is 3. The number of aryl methyl sites for hydroxylation is 1. The van der Waals surface area contributed by atoms with E-state index in [-0.39, 0.29) is 18.2 Å². The second kappa shape index (κ2) is 11.9. The maximum absolute atomic E-state index is 14.0. The van der Waals surface area contributed by atoms with Crippen LogP contribution in [-0.2, 0) is 16.3 Å². The number of carbonyl (C=O) groups is 1. The lowest BCUT2D eigenvalue weighted by molar-refractivity contribution is -0.130. The molecule has 0 N–H and O–H groups in total. The van der Waals surface area contributed by atoms with Crippen LogP contribution in [0.2, 0.25) is 0 Å². The number of carbonyl (C=O) groups excluding carboxylic acids is 1. The van der Waals surface area contributed by atoms with Crippen LogP contribution in [0.4, 0.5) is 0 Å². The van der Waals surface area contributed by atoms with Crippen LogP contribution < -0.4 is 10.3 Å². The van der Waals surface area contributed by atoms with E-state index >= 15 is 0 Å². The highest BCUT2D eigenvalue weighted by Gasteiger charge is 2.21. The molecule has 1 fully saturated rings. The number of thiophene rings is 1. The van der Waals surface area contributed by atoms with Crippen LogP contribution >= 0.6 is 20.5 Å². The number of nitrogens with zero attached hydrogens (tertiary/aromatic N) is 5. The summed E-state index contributed by atoms with van der Waals surface area (Å²) in [5, 5.41) is 3.61. The highest BCUT2D eigenvalue weighted by Crippen LogP contribution is 2.54. The summed E-state index contributed by atoms with van der Waals surface area (Å²) in [6.45, 7) is 8.63. The summed E-state index contributed by atoms with van der Waals surface area (Å²) >= 11 is 1.64. The Balaban J connectivity index is 1.41. The molecule has 4 heterocycles. The van der Waals surface area contributed by atoms with Gasteiger partial charge >= 0.3 is 0 Å². The molecule has 4 aromatic rings. The fourth-order valence-corrected chi connectivity index (χ4v) is 6.62. The largest absolute Gasteiger partial charge is 0.492 e. The molecule has 1 aliphatic heterocycles. The first kappa shape index (κ1) is 30.5. The summed E-state index contributed by atoms with van der Waals surface area (Å²) in [4.78, 5) is 39.5. The molecular weight excluding hydrogens is 571 g/mol. The Kier molecular flexibility index (Phi) is 8.67. The van der Waals surface area contributed by atoms with Gasteiger partial charge in [0, 0.05) is 45.8 Å². The predicted octanol–water partition coefficient (Wildman–Crippen LogP) is 4.09. The molecule has 0 spiro atoms. The Morgan fingerprint density at radius 1 is 1.07 bits per heavy atom. The van der Waals surface area contributed by atoms with Crippen molar-refractivity contribution in [2.24, 2.45) is 0 Å². The van der Waals surface area contributed by atoms with Gasteiger partial charge in [-0.15, -0.1) is 11.3 Å². The Bertz CT molecular complexity index is 1660. The van der Waals surface area contributed by atoms with Crippen molar-refractivity contribution in [2.75, 3.05) is 76.7 Å². The number of hydrogen-bond donors (Lipinski definition) is 1. The van der Waals surface area contributed by atoms with Crippen LogP contribution in [0, 0.1) is 6.92 Å². The van der Waals surface area contributed by atoms with E-state index in [1.807, 2.05) is 35.5 Å². The Morgan fingerprint density at radius 3 is 2.55 bits per heavy atom. The number of thiol groups is 1. The van der Waals surface area contributed by atoms with Crippen molar-refractivity contribution in [1.29, 1.82) is 0 Å². The molecule has 228 valence electrons. The molecule has 42 heavy (non-hydrogen) atoms. The van der Waals surface area contributed by atoms with E-state index in [0.29, 0.717) is 41.4 Å². The minimum Gasteiger partial charge on any atom is -0.492 e. The van der Waals surface area contributed by atoms with E-state index in [1.165, 1.54) is 0 Å². The molecule has 1 aliphatic rings. The lowest BCUT2D eigenvalue weighted by atomic mass is 10.1. The number of pyridine rings is 1. The van der Waals surface area contributed by atoms with Gasteiger partial charge in [0.05, 0.1) is 22.2 Å². The average molecular weight is 614 g/mol. The van der Waals surface area contributed by atoms with Crippen LogP contribution in [0.1, 0.15) is 12.5 Å². The fourth-order valence-electron chi connectivity index (χ4n) is 5.02. The summed E-state index contributed by atoms with van der Waals surface area (Å²) in [5.74, 6) is 2.24. The van der Waals surface area contributed by atoms with Gasteiger partial charge in [-0.2, -0.15) is 0 Å². The number of rotatable bonds is 10. The Labute approximate surface area is 251 Å². The molecule has 0 radical (unpaired) electrons. The lowest BCUT2D eigenvalue weighted by Crippen LogP contribution is -2.48. The van der Waals surface area contributed by atoms with Crippen molar-refractivity contribution in [3.05, 3.63) is 51.8 Å². The van der Waals surface area contributed by atoms with Crippen molar-refractivity contribution >= 4 is 47.4 Å². The maximum atomic E-state index is 14.0. The third-order valence-corrected chi connectivity index (χ3v) is 10.5. The molecule has 0 atom stereocenters. The van der Waals surface area contributed by atoms with Crippen LogP contribution in [0.15, 0.2) is 40.6 Å². The van der Waals surface area contributed by atoms with Crippen molar-refractivity contribution in [3.8, 4) is 17.3 Å². The van der Waals surface area contributed by atoms with Crippen molar-refractivity contribution in [3.63, 3.8) is 0 Å². The highest BCUT2D eigenvalue weighted by molar-refractivity contribution is 8.47. The van der Waals surface area contributed by atoms with Gasteiger partial charge in [0.25, 0.3) is 5.56 Å². The van der Waals surface area contributed by atoms with Gasteiger partial charge in [-0.1, -0.05) is 0 Å². The number of fused-ring (bicyclic) bond motifs is 2. The zero-order valence-corrected chi connectivity index (χ0v) is 27.3. The molecule has 1 saturated heterocycles. The first-order chi connectivity index (χ1) is 19.8. The van der Waals surface area contributed by atoms with E-state index in [0.717, 1.165) is 54.1 Å². The summed E-state index contributed by atoms with van der Waals surface area (Å²) in [6.07, 6.45) is 11.1. The third kappa shape index (κ3) is 7.31. The summed E-state index contributed by atoms with van der Waals surface area (Å²) < 4.78 is 14.9. The fraction of sp³-hybridized carbons (Fsp3) is 0.484. The maximum Gasteiger partial charge on any atom is 0.263 e. The summed E-state index contributed by atoms with van der Waals surface area (Å²) in [6, 6.07) is 7.78. The third-order valence-electron chi connectivity index (χ3n) is 7.64. The quantitative estimate of drug-likeness (QED) is 0.213. The highest BCUT2D eigenvalue weighted by atomic mass is 32.3. The molecule has 5 rings (SSSR count). The van der Waals surface area contributed by atoms with Gasteiger partial charge in [0.15, 0.2) is 5.82 Å². The van der Waals surface area contributed by atoms with E-state index in [1.54, 1.807) is 28.9 Å². The molecular formula is C31H43N5O4S2. The second-order valence-electron chi connectivity index (χ2n) is 13.2. The van der Waals surface area contributed by atoms with Crippen molar-refractivity contribution in [1.82, 2.24) is 24.3 Å². The van der Waals surface area contributed by atoms with Crippen LogP contribution in [0.3, 0.4) is 0 Å². The van der Waals surface area contributed by atoms with Gasteiger partial charge in [0.2, 0.25) is 5.91 Å². The van der Waals surface area contributed by atoms with E-state index < -0.39 is 9.16 Å². The van der Waals surface area contributed by atoms with Crippen LogP contribution in [-0.4, -0.2) is 107 Å². The SMILES string of the molecule is CC(=O)N1CCN(CCOc2cc(C)c3nc(-c4cc5ccsc5cn4)n(COCC[SH](C)(C)(C)C)c(=O)c3c2)CC1. The first-order valence-electron chi connectivity index (χ1n) is 14.4. The van der Waals surface area contributed by atoms with Crippen molar-refractivity contribution < 1.29 is 14.3 Å². The predicted molar refractivity (Wildman–Crippen MR) is 177 cm³/mol. The smallest absolute Gasteiger partial charge is 0.263 e. The molecule has 0 unspecified atom stereocenters. The van der Waals surface area contributed by atoms with Gasteiger partial charge in [0.1, 0.15) is 24.8 Å². The lowest BCUT2D eigenvalue weighted by Gasteiger charge is -2.46. The molecule has 1 aromatic carbocycles. The van der Waals surface area contributed by atoms with Gasteiger partial charge in [-0.25, -0.2) is 4.98 Å². The average Bonchev–Trinajstić information content (AvgIpc) is 3.40. The zero-order valence-electron chi connectivity index (χ0n) is 25.6. The van der Waals surface area contributed by atoms with Gasteiger partial charge < -0.3 is 14.4 Å². The van der Waals surface area contributed by atoms with Gasteiger partial charge in [-0.3, -0.25) is 33.2 Å². The van der Waals surface area contributed by atoms with Gasteiger partial charge in [-0.05, 0) is 78.3 Å². The molecule has 3 aromatic heterocycles. The Morgan fingerprint density at radius 2 is 1.83 bits per heavy atom. The monoisotopic (exact) mass is 613 g/mol. The van der Waals surface area contributed by atoms with Crippen LogP contribution in [0.25, 0.3) is 32.5 Å². The zero-order chi connectivity index (χ0) is 30.1. The molecule has 9 nitrogen and oxygen atoms in total. The van der Waals surface area contributed by atoms with E-state index in [4.69, 9.17) is 14.5 Å². The molecule has 0 saturated carbocycles. The minimum atomic E-state index is -1.74. The van der Waals surface area contributed by atoms with Crippen molar-refractivity contribution in [2.45, 2.75) is 20.6 Å². The van der Waals surface area contributed by atoms with E-state index in [2.05, 4.69) is 41.0 Å². The number of benzene rings is 1. The molecule has 0 bridgehead atoms.